The molecule has 30 heavy (non-hydrogen) atoms. The fraction of sp³-hybridized carbons (Fsp3) is 0.261. The first-order valence-corrected chi connectivity index (χ1v) is 11.5. The lowest BCUT2D eigenvalue weighted by molar-refractivity contribution is -0.119. The highest BCUT2D eigenvalue weighted by atomic mass is 32.1. The lowest BCUT2D eigenvalue weighted by Gasteiger charge is -2.20. The Bertz CT molecular complexity index is 1240. The van der Waals surface area contributed by atoms with Gasteiger partial charge in [0.15, 0.2) is 5.13 Å². The summed E-state index contributed by atoms with van der Waals surface area (Å²) in [5, 5.41) is 2.44. The Labute approximate surface area is 183 Å². The molecule has 0 fully saturated rings. The molecule has 2 aromatic heterocycles. The van der Waals surface area contributed by atoms with Crippen molar-refractivity contribution in [3.63, 3.8) is 0 Å². The molecule has 0 saturated carbocycles. The Kier molecular flexibility index (Phi) is 5.83. The maximum Gasteiger partial charge on any atom is 0.307 e. The third-order valence-electron chi connectivity index (χ3n) is 5.05. The van der Waals surface area contributed by atoms with Gasteiger partial charge in [0.1, 0.15) is 6.54 Å². The van der Waals surface area contributed by atoms with Gasteiger partial charge in [-0.15, -0.1) is 0 Å². The molecule has 2 heterocycles. The smallest absolute Gasteiger partial charge is 0.294 e. The van der Waals surface area contributed by atoms with Crippen LogP contribution in [0.15, 0.2) is 58.7 Å². The summed E-state index contributed by atoms with van der Waals surface area (Å²) in [6.45, 7) is 6.56. The van der Waals surface area contributed by atoms with Crippen LogP contribution in [0.5, 0.6) is 0 Å². The van der Waals surface area contributed by atoms with E-state index in [9.17, 15) is 9.59 Å². The molecule has 0 bridgehead atoms. The van der Waals surface area contributed by atoms with Gasteiger partial charge >= 0.3 is 4.87 Å². The molecule has 4 aromatic rings. The third kappa shape index (κ3) is 4.08. The van der Waals surface area contributed by atoms with Crippen molar-refractivity contribution in [2.24, 2.45) is 0 Å². The first kappa shape index (κ1) is 20.5. The van der Waals surface area contributed by atoms with Crippen LogP contribution in [0.2, 0.25) is 0 Å². The highest BCUT2D eigenvalue weighted by Crippen LogP contribution is 2.34. The molecule has 0 spiro atoms. The van der Waals surface area contributed by atoms with E-state index in [2.05, 4.69) is 19.9 Å². The Morgan fingerprint density at radius 1 is 1.13 bits per heavy atom. The SMILES string of the molecule is Cc1csc(=O)n1CC(=O)N(Cc1ccccc1)c1nc2c(C(C)C)cccc2s1. The van der Waals surface area contributed by atoms with E-state index >= 15 is 0 Å². The predicted octanol–water partition coefficient (Wildman–Crippen LogP) is 5.18. The van der Waals surface area contributed by atoms with Gasteiger partial charge < -0.3 is 0 Å². The normalized spacial score (nSPS) is 11.3. The number of thiazole rings is 2. The number of rotatable bonds is 6. The molecule has 0 aliphatic carbocycles. The minimum atomic E-state index is -0.146. The molecule has 5 nitrogen and oxygen atoms in total. The number of hydrogen-bond acceptors (Lipinski definition) is 5. The topological polar surface area (TPSA) is 55.2 Å². The van der Waals surface area contributed by atoms with E-state index in [0.29, 0.717) is 17.6 Å². The number of carbonyl (C=O) groups excluding carboxylic acids is 1. The summed E-state index contributed by atoms with van der Waals surface area (Å²) in [5.41, 5.74) is 3.93. The number of para-hydroxylation sites is 1. The molecule has 0 unspecified atom stereocenters. The summed E-state index contributed by atoms with van der Waals surface area (Å²) >= 11 is 2.63. The van der Waals surface area contributed by atoms with Gasteiger partial charge in [-0.25, -0.2) is 4.98 Å². The Morgan fingerprint density at radius 2 is 1.90 bits per heavy atom. The molecule has 0 radical (unpaired) electrons. The molecule has 0 aliphatic rings. The molecule has 7 heteroatoms. The maximum atomic E-state index is 13.4. The molecule has 0 atom stereocenters. The van der Waals surface area contributed by atoms with Crippen molar-refractivity contribution in [1.82, 2.24) is 9.55 Å². The van der Waals surface area contributed by atoms with Crippen LogP contribution in [0.25, 0.3) is 10.2 Å². The van der Waals surface area contributed by atoms with E-state index in [-0.39, 0.29) is 17.3 Å². The highest BCUT2D eigenvalue weighted by Gasteiger charge is 2.23. The Balaban J connectivity index is 1.75. The van der Waals surface area contributed by atoms with Crippen molar-refractivity contribution in [2.75, 3.05) is 4.90 Å². The van der Waals surface area contributed by atoms with Crippen LogP contribution >= 0.6 is 22.7 Å². The largest absolute Gasteiger partial charge is 0.307 e. The van der Waals surface area contributed by atoms with Crippen molar-refractivity contribution < 1.29 is 4.79 Å². The number of amides is 1. The highest BCUT2D eigenvalue weighted by molar-refractivity contribution is 7.22. The first-order chi connectivity index (χ1) is 14.4. The van der Waals surface area contributed by atoms with Crippen LogP contribution in [0, 0.1) is 6.92 Å². The van der Waals surface area contributed by atoms with Gasteiger partial charge in [-0.3, -0.25) is 19.1 Å². The van der Waals surface area contributed by atoms with Gasteiger partial charge in [0.05, 0.1) is 16.8 Å². The summed E-state index contributed by atoms with van der Waals surface area (Å²) in [5.74, 6) is 0.196. The minimum absolute atomic E-state index is 0.00790. The van der Waals surface area contributed by atoms with Gasteiger partial charge in [0.25, 0.3) is 0 Å². The zero-order chi connectivity index (χ0) is 21.3. The van der Waals surface area contributed by atoms with Crippen LogP contribution in [0.4, 0.5) is 5.13 Å². The number of aryl methyl sites for hydroxylation is 1. The van der Waals surface area contributed by atoms with Gasteiger partial charge in [-0.05, 0) is 30.0 Å². The van der Waals surface area contributed by atoms with Crippen LogP contribution in [0.1, 0.15) is 36.6 Å². The van der Waals surface area contributed by atoms with Crippen molar-refractivity contribution in [2.45, 2.75) is 39.8 Å². The van der Waals surface area contributed by atoms with Crippen LogP contribution in [-0.2, 0) is 17.9 Å². The molecule has 0 aliphatic heterocycles. The van der Waals surface area contributed by atoms with Gasteiger partial charge in [-0.2, -0.15) is 0 Å². The number of aromatic nitrogens is 2. The quantitative estimate of drug-likeness (QED) is 0.417. The minimum Gasteiger partial charge on any atom is -0.294 e. The molecular weight excluding hydrogens is 414 g/mol. The van der Waals surface area contributed by atoms with Gasteiger partial charge in [0.2, 0.25) is 5.91 Å². The van der Waals surface area contributed by atoms with E-state index in [4.69, 9.17) is 4.98 Å². The van der Waals surface area contributed by atoms with Crippen LogP contribution < -0.4 is 9.77 Å². The molecule has 2 aromatic carbocycles. The van der Waals surface area contributed by atoms with Gasteiger partial charge in [-0.1, -0.05) is 79.0 Å². The molecular formula is C23H23N3O2S2. The standard InChI is InChI=1S/C23H23N3O2S2/c1-15(2)18-10-7-11-19-21(18)24-22(30-19)26(12-17-8-5-4-6-9-17)20(27)13-25-16(3)14-29-23(25)28/h4-11,14-15H,12-13H2,1-3H3. The predicted molar refractivity (Wildman–Crippen MR) is 125 cm³/mol. The second-order valence-corrected chi connectivity index (χ2v) is 9.37. The van der Waals surface area contributed by atoms with E-state index in [1.165, 1.54) is 21.5 Å². The molecule has 1 amide bonds. The van der Waals surface area contributed by atoms with E-state index < -0.39 is 0 Å². The number of fused-ring (bicyclic) bond motifs is 1. The summed E-state index contributed by atoms with van der Waals surface area (Å²) in [4.78, 5) is 32.0. The molecule has 0 saturated heterocycles. The number of nitrogens with zero attached hydrogens (tertiary/aromatic N) is 3. The van der Waals surface area contributed by atoms with E-state index in [1.807, 2.05) is 49.4 Å². The lowest BCUT2D eigenvalue weighted by atomic mass is 10.0. The average Bonchev–Trinajstić information content (AvgIpc) is 3.30. The maximum absolute atomic E-state index is 13.4. The fourth-order valence-electron chi connectivity index (χ4n) is 3.38. The molecule has 154 valence electrons. The molecule has 0 N–H and O–H groups in total. The van der Waals surface area contributed by atoms with Gasteiger partial charge in [0, 0.05) is 11.1 Å². The number of benzene rings is 2. The second kappa shape index (κ2) is 8.53. The molecule has 4 rings (SSSR count). The summed E-state index contributed by atoms with van der Waals surface area (Å²) in [6.07, 6.45) is 0. The second-order valence-electron chi connectivity index (χ2n) is 7.54. The van der Waals surface area contributed by atoms with Crippen molar-refractivity contribution in [3.05, 3.63) is 80.4 Å². The van der Waals surface area contributed by atoms with Crippen LogP contribution in [0.3, 0.4) is 0 Å². The van der Waals surface area contributed by atoms with Crippen molar-refractivity contribution in [1.29, 1.82) is 0 Å². The summed E-state index contributed by atoms with van der Waals surface area (Å²) in [7, 11) is 0. The van der Waals surface area contributed by atoms with E-state index in [0.717, 1.165) is 32.8 Å². The summed E-state index contributed by atoms with van der Waals surface area (Å²) in [6, 6.07) is 16.0. The van der Waals surface area contributed by atoms with Crippen molar-refractivity contribution >= 4 is 43.9 Å². The fourth-order valence-corrected chi connectivity index (χ4v) is 5.14. The monoisotopic (exact) mass is 437 g/mol. The zero-order valence-corrected chi connectivity index (χ0v) is 18.8. The first-order valence-electron chi connectivity index (χ1n) is 9.82. The van der Waals surface area contributed by atoms with Crippen LogP contribution in [-0.4, -0.2) is 15.5 Å². The lowest BCUT2D eigenvalue weighted by Crippen LogP contribution is -2.35. The number of anilines is 1. The van der Waals surface area contributed by atoms with Crippen molar-refractivity contribution in [3.8, 4) is 0 Å². The average molecular weight is 438 g/mol. The Morgan fingerprint density at radius 3 is 2.57 bits per heavy atom. The number of hydrogen-bond donors (Lipinski definition) is 0. The Hall–Kier alpha value is -2.77. The van der Waals surface area contributed by atoms with E-state index in [1.54, 1.807) is 10.3 Å². The summed E-state index contributed by atoms with van der Waals surface area (Å²) < 4.78 is 2.59. The zero-order valence-electron chi connectivity index (χ0n) is 17.2. The number of carbonyl (C=O) groups is 1. The third-order valence-corrected chi connectivity index (χ3v) is 6.97.